The molecule has 0 saturated heterocycles. The van der Waals surface area contributed by atoms with Gasteiger partial charge in [0.15, 0.2) is 0 Å². The molecule has 6 heteroatoms. The Labute approximate surface area is 132 Å². The van der Waals surface area contributed by atoms with Crippen molar-refractivity contribution < 1.29 is 19.1 Å². The Kier molecular flexibility index (Phi) is 4.88. The number of nitrogens with one attached hydrogen (secondary N) is 1. The molecular formula is C16H16ClNO4. The number of aryl methyl sites for hydroxylation is 1. The summed E-state index contributed by atoms with van der Waals surface area (Å²) < 4.78 is 5.17. The van der Waals surface area contributed by atoms with Crippen molar-refractivity contribution >= 4 is 23.5 Å². The molecule has 2 aromatic rings. The fourth-order valence-electron chi connectivity index (χ4n) is 2.20. The third-order valence-electron chi connectivity index (χ3n) is 3.29. The summed E-state index contributed by atoms with van der Waals surface area (Å²) in [5.74, 6) is -1.26. The number of carbonyl (C=O) groups is 2. The van der Waals surface area contributed by atoms with Crippen LogP contribution in [0.1, 0.15) is 40.2 Å². The fourth-order valence-corrected chi connectivity index (χ4v) is 2.40. The normalized spacial score (nSPS) is 12.0. The van der Waals surface area contributed by atoms with Crippen LogP contribution in [0, 0.1) is 6.92 Å². The number of carboxylic acid groups (broad SMARTS) is 1. The van der Waals surface area contributed by atoms with Gasteiger partial charge in [0.25, 0.3) is 5.91 Å². The average molecular weight is 322 g/mol. The molecule has 0 radical (unpaired) electrons. The van der Waals surface area contributed by atoms with E-state index in [1.807, 2.05) is 13.0 Å². The van der Waals surface area contributed by atoms with Gasteiger partial charge in [0.2, 0.25) is 0 Å². The number of carbonyl (C=O) groups excluding carboxylic acids is 1. The number of halogens is 1. The predicted molar refractivity (Wildman–Crippen MR) is 82.1 cm³/mol. The maximum absolute atomic E-state index is 12.4. The first-order valence-corrected chi connectivity index (χ1v) is 7.11. The molecule has 1 heterocycles. The van der Waals surface area contributed by atoms with E-state index in [-0.39, 0.29) is 29.7 Å². The van der Waals surface area contributed by atoms with Crippen molar-refractivity contribution in [2.75, 3.05) is 0 Å². The van der Waals surface area contributed by atoms with Crippen molar-refractivity contribution in [1.82, 2.24) is 5.32 Å². The van der Waals surface area contributed by atoms with E-state index in [0.717, 1.165) is 5.56 Å². The number of aliphatic carboxylic acids is 1. The Morgan fingerprint density at radius 1 is 1.41 bits per heavy atom. The highest BCUT2D eigenvalue weighted by Gasteiger charge is 2.22. The quantitative estimate of drug-likeness (QED) is 0.885. The van der Waals surface area contributed by atoms with Crippen LogP contribution >= 0.6 is 11.6 Å². The van der Waals surface area contributed by atoms with Gasteiger partial charge in [-0.1, -0.05) is 23.7 Å². The Hall–Kier alpha value is -2.27. The van der Waals surface area contributed by atoms with Crippen molar-refractivity contribution in [3.63, 3.8) is 0 Å². The van der Waals surface area contributed by atoms with Crippen LogP contribution in [-0.4, -0.2) is 17.0 Å². The van der Waals surface area contributed by atoms with E-state index < -0.39 is 5.97 Å². The van der Waals surface area contributed by atoms with E-state index in [9.17, 15) is 9.59 Å². The molecule has 0 aliphatic rings. The second-order valence-corrected chi connectivity index (χ2v) is 5.47. The van der Waals surface area contributed by atoms with E-state index >= 15 is 0 Å². The second kappa shape index (κ2) is 6.66. The van der Waals surface area contributed by atoms with Gasteiger partial charge in [0.05, 0.1) is 17.9 Å². The van der Waals surface area contributed by atoms with Crippen LogP contribution in [0.25, 0.3) is 0 Å². The van der Waals surface area contributed by atoms with Gasteiger partial charge in [-0.05, 0) is 31.5 Å². The first kappa shape index (κ1) is 16.1. The Morgan fingerprint density at radius 3 is 2.77 bits per heavy atom. The van der Waals surface area contributed by atoms with Gasteiger partial charge in [-0.15, -0.1) is 0 Å². The van der Waals surface area contributed by atoms with Crippen LogP contribution < -0.4 is 5.32 Å². The van der Waals surface area contributed by atoms with E-state index in [4.69, 9.17) is 21.1 Å². The third kappa shape index (κ3) is 3.68. The van der Waals surface area contributed by atoms with Crippen LogP contribution in [0.5, 0.6) is 0 Å². The van der Waals surface area contributed by atoms with Crippen molar-refractivity contribution in [2.24, 2.45) is 0 Å². The molecule has 0 bridgehead atoms. The SMILES string of the molecule is Cc1coc(CC(=O)O)c1C(=O)NC(C)c1cccc(Cl)c1. The maximum atomic E-state index is 12.4. The molecule has 1 amide bonds. The minimum absolute atomic E-state index is 0.154. The summed E-state index contributed by atoms with van der Waals surface area (Å²) in [6.45, 7) is 3.53. The molecule has 0 saturated carbocycles. The Bertz CT molecular complexity index is 708. The van der Waals surface area contributed by atoms with Gasteiger partial charge >= 0.3 is 5.97 Å². The molecule has 0 spiro atoms. The molecule has 1 aromatic heterocycles. The summed E-state index contributed by atoms with van der Waals surface area (Å²) >= 11 is 5.94. The minimum Gasteiger partial charge on any atom is -0.481 e. The molecular weight excluding hydrogens is 306 g/mol. The highest BCUT2D eigenvalue weighted by Crippen LogP contribution is 2.21. The summed E-state index contributed by atoms with van der Waals surface area (Å²) in [6, 6.07) is 6.92. The topological polar surface area (TPSA) is 79.5 Å². The molecule has 22 heavy (non-hydrogen) atoms. The monoisotopic (exact) mass is 321 g/mol. The minimum atomic E-state index is -1.05. The van der Waals surface area contributed by atoms with E-state index in [1.54, 1.807) is 25.1 Å². The predicted octanol–water partition coefficient (Wildman–Crippen LogP) is 3.36. The average Bonchev–Trinajstić information content (AvgIpc) is 2.78. The van der Waals surface area contributed by atoms with Crippen LogP contribution in [0.2, 0.25) is 5.02 Å². The van der Waals surface area contributed by atoms with Crippen LogP contribution in [-0.2, 0) is 11.2 Å². The maximum Gasteiger partial charge on any atom is 0.311 e. The smallest absolute Gasteiger partial charge is 0.311 e. The lowest BCUT2D eigenvalue weighted by atomic mass is 10.1. The first-order valence-electron chi connectivity index (χ1n) is 6.73. The number of amides is 1. The lowest BCUT2D eigenvalue weighted by Gasteiger charge is -2.15. The molecule has 5 nitrogen and oxygen atoms in total. The van der Waals surface area contributed by atoms with Crippen LogP contribution in [0.15, 0.2) is 34.9 Å². The molecule has 2 rings (SSSR count). The van der Waals surface area contributed by atoms with Crippen molar-refractivity contribution in [1.29, 1.82) is 0 Å². The largest absolute Gasteiger partial charge is 0.481 e. The summed E-state index contributed by atoms with van der Waals surface area (Å²) in [4.78, 5) is 23.2. The van der Waals surface area contributed by atoms with Gasteiger partial charge in [-0.2, -0.15) is 0 Å². The van der Waals surface area contributed by atoms with Crippen molar-refractivity contribution in [3.8, 4) is 0 Å². The molecule has 0 aliphatic carbocycles. The molecule has 116 valence electrons. The summed E-state index contributed by atoms with van der Waals surface area (Å²) in [7, 11) is 0. The highest BCUT2D eigenvalue weighted by molar-refractivity contribution is 6.30. The van der Waals surface area contributed by atoms with Crippen molar-refractivity contribution in [3.05, 3.63) is 58.0 Å². The fraction of sp³-hybridized carbons (Fsp3) is 0.250. The molecule has 1 atom stereocenters. The van der Waals surface area contributed by atoms with Crippen LogP contribution in [0.3, 0.4) is 0 Å². The molecule has 1 unspecified atom stereocenters. The molecule has 0 fully saturated rings. The van der Waals surface area contributed by atoms with Gasteiger partial charge in [0.1, 0.15) is 12.2 Å². The third-order valence-corrected chi connectivity index (χ3v) is 3.52. The van der Waals surface area contributed by atoms with Crippen molar-refractivity contribution in [2.45, 2.75) is 26.3 Å². The number of benzene rings is 1. The Balaban J connectivity index is 2.19. The van der Waals surface area contributed by atoms with Crippen LogP contribution in [0.4, 0.5) is 0 Å². The zero-order chi connectivity index (χ0) is 16.3. The van der Waals surface area contributed by atoms with E-state index in [2.05, 4.69) is 5.32 Å². The van der Waals surface area contributed by atoms with Gasteiger partial charge < -0.3 is 14.8 Å². The number of furan rings is 1. The highest BCUT2D eigenvalue weighted by atomic mass is 35.5. The van der Waals surface area contributed by atoms with Gasteiger partial charge in [-0.25, -0.2) is 0 Å². The van der Waals surface area contributed by atoms with E-state index in [0.29, 0.717) is 10.6 Å². The van der Waals surface area contributed by atoms with Gasteiger partial charge in [-0.3, -0.25) is 9.59 Å². The summed E-state index contributed by atoms with van der Waals surface area (Å²) in [6.07, 6.45) is 1.05. The first-order chi connectivity index (χ1) is 10.4. The number of carboxylic acids is 1. The summed E-state index contributed by atoms with van der Waals surface area (Å²) in [5.41, 5.74) is 1.74. The Morgan fingerprint density at radius 2 is 2.14 bits per heavy atom. The lowest BCUT2D eigenvalue weighted by Crippen LogP contribution is -2.28. The zero-order valence-electron chi connectivity index (χ0n) is 12.2. The number of hydrogen-bond donors (Lipinski definition) is 2. The standard InChI is InChI=1S/C16H16ClNO4/c1-9-8-22-13(7-14(19)20)15(9)16(21)18-10(2)11-4-3-5-12(17)6-11/h3-6,8,10H,7H2,1-2H3,(H,18,21)(H,19,20). The van der Waals surface area contributed by atoms with Gasteiger partial charge in [0, 0.05) is 10.6 Å². The zero-order valence-corrected chi connectivity index (χ0v) is 13.0. The number of hydrogen-bond acceptors (Lipinski definition) is 3. The number of rotatable bonds is 5. The van der Waals surface area contributed by atoms with E-state index in [1.165, 1.54) is 6.26 Å². The lowest BCUT2D eigenvalue weighted by molar-refractivity contribution is -0.136. The molecule has 0 aliphatic heterocycles. The molecule has 2 N–H and O–H groups in total. The summed E-state index contributed by atoms with van der Waals surface area (Å²) in [5, 5.41) is 12.3. The second-order valence-electron chi connectivity index (χ2n) is 5.04. The molecule has 1 aromatic carbocycles.